The summed E-state index contributed by atoms with van der Waals surface area (Å²) in [7, 11) is 0. The van der Waals surface area contributed by atoms with Crippen LogP contribution in [0.25, 0.3) is 0 Å². The van der Waals surface area contributed by atoms with E-state index in [1.807, 2.05) is 10.8 Å². The Morgan fingerprint density at radius 1 is 1.44 bits per heavy atom. The first-order chi connectivity index (χ1) is 8.76. The Kier molecular flexibility index (Phi) is 3.09. The molecule has 0 bridgehead atoms. The monoisotopic (exact) mass is 308 g/mol. The van der Waals surface area contributed by atoms with Gasteiger partial charge in [0.15, 0.2) is 0 Å². The molecule has 0 spiro atoms. The Hall–Kier alpha value is -1.33. The molecule has 1 aliphatic rings. The highest BCUT2D eigenvalue weighted by Gasteiger charge is 2.17. The second-order valence-electron chi connectivity index (χ2n) is 4.35. The van der Waals surface area contributed by atoms with Gasteiger partial charge < -0.3 is 14.4 Å². The minimum absolute atomic E-state index is 0.0277. The van der Waals surface area contributed by atoms with Crippen LogP contribution < -0.4 is 4.74 Å². The Morgan fingerprint density at radius 3 is 3.11 bits per heavy atom. The van der Waals surface area contributed by atoms with Gasteiger partial charge in [-0.05, 0) is 17.7 Å². The highest BCUT2D eigenvalue weighted by Crippen LogP contribution is 2.33. The Balaban J connectivity index is 1.92. The molecule has 0 saturated heterocycles. The number of benzene rings is 1. The maximum Gasteiger partial charge on any atom is 0.127 e. The summed E-state index contributed by atoms with van der Waals surface area (Å²) < 4.78 is 8.71. The average molecular weight is 309 g/mol. The molecule has 0 atom stereocenters. The van der Waals surface area contributed by atoms with Gasteiger partial charge in [-0.2, -0.15) is 0 Å². The minimum atomic E-state index is -0.0277. The molecule has 2 aromatic rings. The Morgan fingerprint density at radius 2 is 2.33 bits per heavy atom. The zero-order valence-corrected chi connectivity index (χ0v) is 11.4. The Bertz CT molecular complexity index is 580. The summed E-state index contributed by atoms with van der Waals surface area (Å²) in [5, 5.41) is 9.01. The van der Waals surface area contributed by atoms with Crippen molar-refractivity contribution in [2.75, 3.05) is 6.61 Å². The molecule has 0 radical (unpaired) electrons. The van der Waals surface area contributed by atoms with Gasteiger partial charge in [-0.1, -0.05) is 15.9 Å². The fraction of sp³-hybridized carbons (Fsp3) is 0.308. The number of hydrogen-bond donors (Lipinski definition) is 1. The third-order valence-corrected chi connectivity index (χ3v) is 3.48. The number of rotatable bonds is 3. The van der Waals surface area contributed by atoms with Gasteiger partial charge in [0.2, 0.25) is 0 Å². The number of aromatic nitrogens is 2. The molecule has 1 N–H and O–H groups in total. The molecule has 0 fully saturated rings. The summed E-state index contributed by atoms with van der Waals surface area (Å²) >= 11 is 3.53. The van der Waals surface area contributed by atoms with Gasteiger partial charge in [0, 0.05) is 22.7 Å². The van der Waals surface area contributed by atoms with E-state index in [-0.39, 0.29) is 6.61 Å². The molecule has 18 heavy (non-hydrogen) atoms. The van der Waals surface area contributed by atoms with Gasteiger partial charge in [-0.3, -0.25) is 0 Å². The minimum Gasteiger partial charge on any atom is -0.493 e. The largest absolute Gasteiger partial charge is 0.493 e. The first kappa shape index (κ1) is 11.7. The number of fused-ring (bicyclic) bond motifs is 1. The standard InChI is InChI=1S/C13H13BrN2O2/c14-11-3-9-1-2-18-13(9)10(4-11)5-16-6-12(7-17)15-8-16/h3-4,6,8,17H,1-2,5,7H2. The molecule has 0 amide bonds. The lowest BCUT2D eigenvalue weighted by atomic mass is 10.1. The van der Waals surface area contributed by atoms with Crippen LogP contribution in [0.4, 0.5) is 0 Å². The summed E-state index contributed by atoms with van der Waals surface area (Å²) in [4.78, 5) is 4.11. The lowest BCUT2D eigenvalue weighted by Gasteiger charge is -2.09. The molecular weight excluding hydrogens is 296 g/mol. The zero-order valence-electron chi connectivity index (χ0n) is 9.77. The molecule has 0 saturated carbocycles. The topological polar surface area (TPSA) is 47.3 Å². The number of hydrogen-bond acceptors (Lipinski definition) is 3. The van der Waals surface area contributed by atoms with Crippen molar-refractivity contribution in [1.82, 2.24) is 9.55 Å². The molecule has 0 unspecified atom stereocenters. The van der Waals surface area contributed by atoms with Crippen molar-refractivity contribution in [1.29, 1.82) is 0 Å². The van der Waals surface area contributed by atoms with Crippen LogP contribution in [-0.2, 0) is 19.6 Å². The van der Waals surface area contributed by atoms with Crippen LogP contribution in [0.1, 0.15) is 16.8 Å². The van der Waals surface area contributed by atoms with E-state index >= 15 is 0 Å². The third kappa shape index (κ3) is 2.15. The molecule has 3 rings (SSSR count). The number of ether oxygens (including phenoxy) is 1. The van der Waals surface area contributed by atoms with E-state index in [2.05, 4.69) is 33.0 Å². The van der Waals surface area contributed by atoms with Crippen LogP contribution in [0.2, 0.25) is 0 Å². The molecular formula is C13H13BrN2O2. The summed E-state index contributed by atoms with van der Waals surface area (Å²) in [5.74, 6) is 0.998. The van der Waals surface area contributed by atoms with Crippen molar-refractivity contribution in [2.24, 2.45) is 0 Å². The maximum atomic E-state index is 9.01. The molecule has 1 aromatic carbocycles. The number of halogens is 1. The van der Waals surface area contributed by atoms with E-state index < -0.39 is 0 Å². The van der Waals surface area contributed by atoms with Gasteiger partial charge in [-0.25, -0.2) is 4.98 Å². The smallest absolute Gasteiger partial charge is 0.127 e. The number of nitrogens with zero attached hydrogens (tertiary/aromatic N) is 2. The second-order valence-corrected chi connectivity index (χ2v) is 5.26. The molecule has 2 heterocycles. The molecule has 5 heteroatoms. The van der Waals surface area contributed by atoms with Gasteiger partial charge in [0.05, 0.1) is 31.8 Å². The fourth-order valence-corrected chi connectivity index (χ4v) is 2.79. The van der Waals surface area contributed by atoms with Crippen molar-refractivity contribution < 1.29 is 9.84 Å². The normalized spacial score (nSPS) is 13.4. The maximum absolute atomic E-state index is 9.01. The predicted octanol–water partition coefficient (Wildman–Crippen LogP) is 2.12. The molecule has 4 nitrogen and oxygen atoms in total. The molecule has 1 aromatic heterocycles. The van der Waals surface area contributed by atoms with Gasteiger partial charge in [0.25, 0.3) is 0 Å². The van der Waals surface area contributed by atoms with Gasteiger partial charge in [-0.15, -0.1) is 0 Å². The zero-order chi connectivity index (χ0) is 12.5. The van der Waals surface area contributed by atoms with Crippen molar-refractivity contribution in [2.45, 2.75) is 19.6 Å². The van der Waals surface area contributed by atoms with Crippen LogP contribution >= 0.6 is 15.9 Å². The highest BCUT2D eigenvalue weighted by molar-refractivity contribution is 9.10. The third-order valence-electron chi connectivity index (χ3n) is 3.03. The first-order valence-corrected chi connectivity index (χ1v) is 6.61. The number of aliphatic hydroxyl groups is 1. The molecule has 1 aliphatic heterocycles. The molecule has 94 valence electrons. The second kappa shape index (κ2) is 4.74. The number of aliphatic hydroxyl groups excluding tert-OH is 1. The first-order valence-electron chi connectivity index (χ1n) is 5.82. The summed E-state index contributed by atoms with van der Waals surface area (Å²) in [6.07, 6.45) is 4.55. The summed E-state index contributed by atoms with van der Waals surface area (Å²) in [6.45, 7) is 1.43. The fourth-order valence-electron chi connectivity index (χ4n) is 2.23. The lowest BCUT2D eigenvalue weighted by Crippen LogP contribution is -1.99. The van der Waals surface area contributed by atoms with E-state index in [1.54, 1.807) is 6.33 Å². The lowest BCUT2D eigenvalue weighted by molar-refractivity contribution is 0.277. The van der Waals surface area contributed by atoms with Crippen LogP contribution in [-0.4, -0.2) is 21.3 Å². The van der Waals surface area contributed by atoms with Crippen LogP contribution in [0.15, 0.2) is 29.1 Å². The van der Waals surface area contributed by atoms with Gasteiger partial charge >= 0.3 is 0 Å². The van der Waals surface area contributed by atoms with Crippen molar-refractivity contribution in [3.8, 4) is 5.75 Å². The van der Waals surface area contributed by atoms with E-state index in [0.717, 1.165) is 28.8 Å². The summed E-state index contributed by atoms with van der Waals surface area (Å²) in [5.41, 5.74) is 3.07. The van der Waals surface area contributed by atoms with Crippen molar-refractivity contribution >= 4 is 15.9 Å². The quantitative estimate of drug-likeness (QED) is 0.945. The molecule has 0 aliphatic carbocycles. The van der Waals surface area contributed by atoms with Crippen LogP contribution in [0.5, 0.6) is 5.75 Å². The van der Waals surface area contributed by atoms with E-state index in [4.69, 9.17) is 9.84 Å². The van der Waals surface area contributed by atoms with Gasteiger partial charge in [0.1, 0.15) is 5.75 Å². The number of imidazole rings is 1. The SMILES string of the molecule is OCc1cn(Cc2cc(Br)cc3c2OCC3)cn1. The van der Waals surface area contributed by atoms with Crippen LogP contribution in [0.3, 0.4) is 0 Å². The van der Waals surface area contributed by atoms with Crippen LogP contribution in [0, 0.1) is 0 Å². The predicted molar refractivity (Wildman–Crippen MR) is 70.6 cm³/mol. The van der Waals surface area contributed by atoms with E-state index in [0.29, 0.717) is 12.2 Å². The van der Waals surface area contributed by atoms with Crippen molar-refractivity contribution in [3.05, 3.63) is 46.0 Å². The highest BCUT2D eigenvalue weighted by atomic mass is 79.9. The van der Waals surface area contributed by atoms with E-state index in [1.165, 1.54) is 5.56 Å². The summed E-state index contributed by atoms with van der Waals surface area (Å²) in [6, 6.07) is 4.18. The Labute approximate surface area is 113 Å². The van der Waals surface area contributed by atoms with Crippen molar-refractivity contribution in [3.63, 3.8) is 0 Å². The average Bonchev–Trinajstić information content (AvgIpc) is 2.97. The van der Waals surface area contributed by atoms with E-state index in [9.17, 15) is 0 Å².